The topological polar surface area (TPSA) is 35.0 Å². The van der Waals surface area contributed by atoms with Crippen molar-refractivity contribution in [3.63, 3.8) is 0 Å². The number of hydrogen-bond acceptors (Lipinski definition) is 3. The van der Waals surface area contributed by atoms with Gasteiger partial charge in [-0.25, -0.2) is 14.4 Å². The van der Waals surface area contributed by atoms with Gasteiger partial charge < -0.3 is 4.74 Å². The predicted molar refractivity (Wildman–Crippen MR) is 62.8 cm³/mol. The average molecular weight is 273 g/mol. The monoisotopic (exact) mass is 272 g/mol. The van der Waals surface area contributed by atoms with Gasteiger partial charge in [0.05, 0.1) is 18.2 Å². The van der Waals surface area contributed by atoms with Crippen LogP contribution in [0.25, 0.3) is 10.9 Å². The SMILES string of the molecule is Fc1ccc2nc(Cl)nc(Cl)c2c1C1CCO1. The first-order chi connectivity index (χ1) is 8.16. The van der Waals surface area contributed by atoms with Crippen LogP contribution < -0.4 is 0 Å². The summed E-state index contributed by atoms with van der Waals surface area (Å²) in [7, 11) is 0. The molecule has 1 fully saturated rings. The van der Waals surface area contributed by atoms with Crippen molar-refractivity contribution in [2.24, 2.45) is 0 Å². The lowest BCUT2D eigenvalue weighted by Crippen LogP contribution is -2.20. The second-order valence-corrected chi connectivity index (χ2v) is 4.48. The van der Waals surface area contributed by atoms with E-state index in [0.29, 0.717) is 23.1 Å². The Labute approximate surface area is 107 Å². The molecule has 2 heterocycles. The predicted octanol–water partition coefficient (Wildman–Crippen LogP) is 3.54. The van der Waals surface area contributed by atoms with E-state index in [9.17, 15) is 4.39 Å². The van der Waals surface area contributed by atoms with E-state index < -0.39 is 0 Å². The number of ether oxygens (including phenoxy) is 1. The van der Waals surface area contributed by atoms with Gasteiger partial charge in [-0.1, -0.05) is 11.6 Å². The molecule has 0 N–H and O–H groups in total. The molecule has 0 bridgehead atoms. The molecular weight excluding hydrogens is 266 g/mol. The van der Waals surface area contributed by atoms with Crippen molar-refractivity contribution >= 4 is 34.1 Å². The van der Waals surface area contributed by atoms with Gasteiger partial charge in [-0.05, 0) is 23.7 Å². The summed E-state index contributed by atoms with van der Waals surface area (Å²) in [5.74, 6) is -0.352. The maximum Gasteiger partial charge on any atom is 0.224 e. The minimum atomic E-state index is -0.352. The Hall–Kier alpha value is -0.970. The second-order valence-electron chi connectivity index (χ2n) is 3.79. The van der Waals surface area contributed by atoms with Crippen LogP contribution in [0.4, 0.5) is 4.39 Å². The van der Waals surface area contributed by atoms with Crippen LogP contribution in [0, 0.1) is 5.82 Å². The molecule has 3 rings (SSSR count). The van der Waals surface area contributed by atoms with E-state index in [1.165, 1.54) is 12.1 Å². The quantitative estimate of drug-likeness (QED) is 0.588. The van der Waals surface area contributed by atoms with E-state index in [1.807, 2.05) is 0 Å². The maximum atomic E-state index is 13.8. The fraction of sp³-hybridized carbons (Fsp3) is 0.273. The molecule has 88 valence electrons. The van der Waals surface area contributed by atoms with Crippen LogP contribution >= 0.6 is 23.2 Å². The largest absolute Gasteiger partial charge is 0.373 e. The van der Waals surface area contributed by atoms with Crippen LogP contribution in [-0.4, -0.2) is 16.6 Å². The Kier molecular flexibility index (Phi) is 2.65. The fourth-order valence-corrected chi connectivity index (χ4v) is 2.43. The summed E-state index contributed by atoms with van der Waals surface area (Å²) in [6, 6.07) is 2.88. The highest BCUT2D eigenvalue weighted by Crippen LogP contribution is 2.38. The van der Waals surface area contributed by atoms with Crippen LogP contribution in [0.5, 0.6) is 0 Å². The third-order valence-corrected chi connectivity index (χ3v) is 3.24. The Balaban J connectivity index is 2.34. The Morgan fingerprint density at radius 1 is 1.29 bits per heavy atom. The van der Waals surface area contributed by atoms with E-state index in [1.54, 1.807) is 0 Å². The summed E-state index contributed by atoms with van der Waals surface area (Å²) in [4.78, 5) is 7.87. The summed E-state index contributed by atoms with van der Waals surface area (Å²) in [6.45, 7) is 0.632. The van der Waals surface area contributed by atoms with Gasteiger partial charge in [0, 0.05) is 17.4 Å². The summed E-state index contributed by atoms with van der Waals surface area (Å²) in [6.07, 6.45) is 0.510. The van der Waals surface area contributed by atoms with Gasteiger partial charge in [0.2, 0.25) is 5.28 Å². The Bertz CT molecular complexity index is 602. The molecule has 0 amide bonds. The molecule has 17 heavy (non-hydrogen) atoms. The number of rotatable bonds is 1. The van der Waals surface area contributed by atoms with E-state index in [0.717, 1.165) is 6.42 Å². The molecule has 0 aliphatic carbocycles. The number of benzene rings is 1. The van der Waals surface area contributed by atoms with E-state index in [2.05, 4.69) is 9.97 Å². The minimum Gasteiger partial charge on any atom is -0.373 e. The third-order valence-electron chi connectivity index (χ3n) is 2.80. The van der Waals surface area contributed by atoms with Crippen molar-refractivity contribution in [1.82, 2.24) is 9.97 Å². The zero-order chi connectivity index (χ0) is 12.0. The fourth-order valence-electron chi connectivity index (χ4n) is 1.93. The first-order valence-corrected chi connectivity index (χ1v) is 5.85. The molecule has 0 saturated carbocycles. The molecular formula is C11H7Cl2FN2O. The zero-order valence-corrected chi connectivity index (χ0v) is 10.1. The van der Waals surface area contributed by atoms with Crippen molar-refractivity contribution in [2.45, 2.75) is 12.5 Å². The van der Waals surface area contributed by atoms with Crippen LogP contribution in [-0.2, 0) is 4.74 Å². The van der Waals surface area contributed by atoms with E-state index in [-0.39, 0.29) is 22.4 Å². The molecule has 1 saturated heterocycles. The average Bonchev–Trinajstić information content (AvgIpc) is 2.19. The van der Waals surface area contributed by atoms with Crippen molar-refractivity contribution in [3.05, 3.63) is 34.0 Å². The molecule has 1 unspecified atom stereocenters. The zero-order valence-electron chi connectivity index (χ0n) is 8.58. The third kappa shape index (κ3) is 1.76. The first kappa shape index (κ1) is 11.1. The lowest BCUT2D eigenvalue weighted by atomic mass is 9.99. The number of halogens is 3. The molecule has 1 aromatic carbocycles. The molecule has 6 heteroatoms. The molecule has 1 aliphatic heterocycles. The Morgan fingerprint density at radius 2 is 2.06 bits per heavy atom. The molecule has 1 atom stereocenters. The number of nitrogens with zero attached hydrogens (tertiary/aromatic N) is 2. The molecule has 1 aromatic heterocycles. The summed E-state index contributed by atoms with van der Waals surface area (Å²) in [5.41, 5.74) is 0.956. The summed E-state index contributed by atoms with van der Waals surface area (Å²) >= 11 is 11.7. The van der Waals surface area contributed by atoms with Crippen molar-refractivity contribution in [1.29, 1.82) is 0 Å². The van der Waals surface area contributed by atoms with Gasteiger partial charge in [-0.15, -0.1) is 0 Å². The molecule has 2 aromatic rings. The molecule has 0 radical (unpaired) electrons. The van der Waals surface area contributed by atoms with Gasteiger partial charge in [-0.3, -0.25) is 0 Å². The highest BCUT2D eigenvalue weighted by atomic mass is 35.5. The number of hydrogen-bond donors (Lipinski definition) is 0. The van der Waals surface area contributed by atoms with Crippen LogP contribution in [0.15, 0.2) is 12.1 Å². The summed E-state index contributed by atoms with van der Waals surface area (Å²) in [5, 5.41) is 0.695. The Morgan fingerprint density at radius 3 is 2.71 bits per heavy atom. The van der Waals surface area contributed by atoms with Gasteiger partial charge in [0.1, 0.15) is 11.0 Å². The van der Waals surface area contributed by atoms with E-state index in [4.69, 9.17) is 27.9 Å². The minimum absolute atomic E-state index is 0.0505. The summed E-state index contributed by atoms with van der Waals surface area (Å²) < 4.78 is 19.1. The molecule has 1 aliphatic rings. The maximum absolute atomic E-state index is 13.8. The smallest absolute Gasteiger partial charge is 0.224 e. The molecule has 0 spiro atoms. The van der Waals surface area contributed by atoms with Crippen molar-refractivity contribution in [2.75, 3.05) is 6.61 Å². The second kappa shape index (κ2) is 4.05. The normalized spacial score (nSPS) is 19.4. The highest BCUT2D eigenvalue weighted by Gasteiger charge is 2.27. The van der Waals surface area contributed by atoms with Crippen LogP contribution in [0.2, 0.25) is 10.4 Å². The van der Waals surface area contributed by atoms with E-state index >= 15 is 0 Å². The van der Waals surface area contributed by atoms with Gasteiger partial charge in [0.25, 0.3) is 0 Å². The van der Waals surface area contributed by atoms with Crippen molar-refractivity contribution in [3.8, 4) is 0 Å². The van der Waals surface area contributed by atoms with Gasteiger partial charge in [0.15, 0.2) is 0 Å². The number of fused-ring (bicyclic) bond motifs is 1. The lowest BCUT2D eigenvalue weighted by molar-refractivity contribution is -0.0536. The standard InChI is InChI=1S/C11H7Cl2FN2O/c12-10-9-6(15-11(13)16-10)2-1-5(14)8(9)7-3-4-17-7/h1-2,7H,3-4H2. The van der Waals surface area contributed by atoms with Crippen molar-refractivity contribution < 1.29 is 9.13 Å². The van der Waals surface area contributed by atoms with Gasteiger partial charge in [-0.2, -0.15) is 0 Å². The number of aromatic nitrogens is 2. The molecule has 3 nitrogen and oxygen atoms in total. The van der Waals surface area contributed by atoms with Gasteiger partial charge >= 0.3 is 0 Å². The van der Waals surface area contributed by atoms with Crippen LogP contribution in [0.3, 0.4) is 0 Å². The first-order valence-electron chi connectivity index (χ1n) is 5.09. The lowest BCUT2D eigenvalue weighted by Gasteiger charge is -2.28. The highest BCUT2D eigenvalue weighted by molar-refractivity contribution is 6.36. The van der Waals surface area contributed by atoms with Crippen LogP contribution in [0.1, 0.15) is 18.1 Å².